The Morgan fingerprint density at radius 3 is 2.89 bits per heavy atom. The van der Waals surface area contributed by atoms with Crippen molar-refractivity contribution in [3.05, 3.63) is 0 Å². The second-order valence-electron chi connectivity index (χ2n) is 6.39. The Hall–Kier alpha value is -0.120. The van der Waals surface area contributed by atoms with Crippen LogP contribution in [-0.4, -0.2) is 61.3 Å². The second-order valence-corrected chi connectivity index (χ2v) is 6.39. The largest absolute Gasteiger partial charge is 0.381 e. The van der Waals surface area contributed by atoms with Crippen molar-refractivity contribution in [3.8, 4) is 0 Å². The van der Waals surface area contributed by atoms with Gasteiger partial charge in [-0.2, -0.15) is 0 Å². The van der Waals surface area contributed by atoms with Gasteiger partial charge in [0.15, 0.2) is 0 Å². The molecule has 0 radical (unpaired) electrons. The number of rotatable bonds is 3. The van der Waals surface area contributed by atoms with Gasteiger partial charge in [-0.15, -0.1) is 0 Å². The molecule has 0 aliphatic carbocycles. The maximum absolute atomic E-state index is 5.64. The normalized spacial score (nSPS) is 38.8. The fraction of sp³-hybridized carbons (Fsp3) is 1.00. The molecule has 0 saturated carbocycles. The van der Waals surface area contributed by atoms with Gasteiger partial charge >= 0.3 is 0 Å². The Kier molecular flexibility index (Phi) is 4.22. The topological polar surface area (TPSA) is 15.7 Å². The zero-order valence-electron chi connectivity index (χ0n) is 11.8. The predicted octanol–water partition coefficient (Wildman–Crippen LogP) is 1.97. The summed E-state index contributed by atoms with van der Waals surface area (Å²) in [4.78, 5) is 5.52. The molecule has 3 atom stereocenters. The molecule has 3 nitrogen and oxygen atoms in total. The van der Waals surface area contributed by atoms with E-state index < -0.39 is 0 Å². The average molecular weight is 252 g/mol. The van der Waals surface area contributed by atoms with Crippen LogP contribution < -0.4 is 0 Å². The van der Waals surface area contributed by atoms with Gasteiger partial charge in [-0.1, -0.05) is 6.92 Å². The van der Waals surface area contributed by atoms with Gasteiger partial charge in [-0.05, 0) is 44.6 Å². The Labute approximate surface area is 111 Å². The summed E-state index contributed by atoms with van der Waals surface area (Å²) in [5, 5.41) is 0. The van der Waals surface area contributed by atoms with Crippen LogP contribution in [0.3, 0.4) is 0 Å². The van der Waals surface area contributed by atoms with Gasteiger partial charge in [0.1, 0.15) is 0 Å². The molecule has 3 fully saturated rings. The van der Waals surface area contributed by atoms with Crippen molar-refractivity contribution in [2.75, 3.05) is 39.4 Å². The molecule has 0 aromatic rings. The van der Waals surface area contributed by atoms with E-state index in [9.17, 15) is 0 Å². The first-order valence-corrected chi connectivity index (χ1v) is 7.92. The lowest BCUT2D eigenvalue weighted by Gasteiger charge is -2.45. The molecule has 0 N–H and O–H groups in total. The Bertz CT molecular complexity index is 265. The van der Waals surface area contributed by atoms with Crippen LogP contribution in [0.15, 0.2) is 0 Å². The molecule has 104 valence electrons. The highest BCUT2D eigenvalue weighted by Gasteiger charge is 2.36. The molecule has 3 unspecified atom stereocenters. The first kappa shape index (κ1) is 12.9. The minimum atomic E-state index is 0.792. The summed E-state index contributed by atoms with van der Waals surface area (Å²) in [5.74, 6) is 0.792. The first-order chi connectivity index (χ1) is 8.86. The predicted molar refractivity (Wildman–Crippen MR) is 73.8 cm³/mol. The van der Waals surface area contributed by atoms with Gasteiger partial charge in [0.05, 0.1) is 6.61 Å². The molecule has 3 saturated heterocycles. The average Bonchev–Trinajstić information content (AvgIpc) is 2.86. The van der Waals surface area contributed by atoms with Gasteiger partial charge in [-0.25, -0.2) is 0 Å². The smallest absolute Gasteiger partial charge is 0.0506 e. The number of ether oxygens (including phenoxy) is 1. The molecule has 18 heavy (non-hydrogen) atoms. The molecule has 3 heteroatoms. The lowest BCUT2D eigenvalue weighted by molar-refractivity contribution is -0.0000970. The highest BCUT2D eigenvalue weighted by atomic mass is 16.5. The van der Waals surface area contributed by atoms with E-state index in [-0.39, 0.29) is 0 Å². The van der Waals surface area contributed by atoms with E-state index in [1.165, 1.54) is 58.3 Å². The van der Waals surface area contributed by atoms with Crippen LogP contribution in [0.25, 0.3) is 0 Å². The third kappa shape index (κ3) is 2.73. The Morgan fingerprint density at radius 2 is 2.11 bits per heavy atom. The molecule has 0 bridgehead atoms. The monoisotopic (exact) mass is 252 g/mol. The molecule has 3 aliphatic rings. The summed E-state index contributed by atoms with van der Waals surface area (Å²) in [6, 6.07) is 1.65. The number of piperazine rings is 1. The fourth-order valence-electron chi connectivity index (χ4n) is 4.04. The lowest BCUT2D eigenvalue weighted by atomic mass is 9.98. The zero-order valence-corrected chi connectivity index (χ0v) is 11.8. The van der Waals surface area contributed by atoms with Crippen molar-refractivity contribution in [2.45, 2.75) is 51.1 Å². The highest BCUT2D eigenvalue weighted by Crippen LogP contribution is 2.27. The van der Waals surface area contributed by atoms with Crippen molar-refractivity contribution in [2.24, 2.45) is 5.92 Å². The molecular formula is C15H28N2O. The maximum atomic E-state index is 5.64. The number of fused-ring (bicyclic) bond motifs is 1. The molecule has 0 spiro atoms. The van der Waals surface area contributed by atoms with E-state index in [4.69, 9.17) is 4.74 Å². The number of nitrogens with zero attached hydrogens (tertiary/aromatic N) is 2. The molecule has 3 rings (SSSR count). The standard InChI is InChI=1S/C15H28N2O/c1-2-14-10-16-7-3-6-15(16)11-17(14)9-13-5-4-8-18-12-13/h13-15H,2-12H2,1H3. The van der Waals surface area contributed by atoms with Crippen LogP contribution in [-0.2, 0) is 4.74 Å². The summed E-state index contributed by atoms with van der Waals surface area (Å²) < 4.78 is 5.64. The highest BCUT2D eigenvalue weighted by molar-refractivity contribution is 4.92. The quantitative estimate of drug-likeness (QED) is 0.764. The second kappa shape index (κ2) is 5.89. The summed E-state index contributed by atoms with van der Waals surface area (Å²) in [6.07, 6.45) is 6.79. The van der Waals surface area contributed by atoms with E-state index in [1.54, 1.807) is 0 Å². The van der Waals surface area contributed by atoms with E-state index in [2.05, 4.69) is 16.7 Å². The van der Waals surface area contributed by atoms with E-state index in [0.717, 1.165) is 31.2 Å². The third-order valence-electron chi connectivity index (χ3n) is 5.12. The molecule has 0 amide bonds. The number of hydrogen-bond donors (Lipinski definition) is 0. The van der Waals surface area contributed by atoms with E-state index in [1.807, 2.05) is 0 Å². The summed E-state index contributed by atoms with van der Waals surface area (Å²) in [6.45, 7) is 9.60. The molecule has 0 aromatic heterocycles. The van der Waals surface area contributed by atoms with Crippen LogP contribution in [0.1, 0.15) is 39.0 Å². The first-order valence-electron chi connectivity index (χ1n) is 7.92. The molecule has 3 heterocycles. The summed E-state index contributed by atoms with van der Waals surface area (Å²) in [7, 11) is 0. The van der Waals surface area contributed by atoms with Gasteiger partial charge in [0.2, 0.25) is 0 Å². The molecular weight excluding hydrogens is 224 g/mol. The SMILES string of the molecule is CCC1CN2CCCC2CN1CC1CCCOC1. The van der Waals surface area contributed by atoms with Crippen molar-refractivity contribution < 1.29 is 4.74 Å². The maximum Gasteiger partial charge on any atom is 0.0506 e. The minimum Gasteiger partial charge on any atom is -0.381 e. The lowest BCUT2D eigenvalue weighted by Crippen LogP contribution is -2.57. The summed E-state index contributed by atoms with van der Waals surface area (Å²) >= 11 is 0. The zero-order chi connectivity index (χ0) is 12.4. The minimum absolute atomic E-state index is 0.792. The van der Waals surface area contributed by atoms with Crippen LogP contribution >= 0.6 is 0 Å². The van der Waals surface area contributed by atoms with Crippen molar-refractivity contribution in [1.29, 1.82) is 0 Å². The van der Waals surface area contributed by atoms with Crippen LogP contribution in [0.5, 0.6) is 0 Å². The van der Waals surface area contributed by atoms with Crippen LogP contribution in [0.4, 0.5) is 0 Å². The third-order valence-corrected chi connectivity index (χ3v) is 5.12. The molecule has 0 aromatic carbocycles. The summed E-state index contributed by atoms with van der Waals surface area (Å²) in [5.41, 5.74) is 0. The van der Waals surface area contributed by atoms with Gasteiger partial charge in [-0.3, -0.25) is 9.80 Å². The van der Waals surface area contributed by atoms with Crippen LogP contribution in [0.2, 0.25) is 0 Å². The van der Waals surface area contributed by atoms with Gasteiger partial charge in [0.25, 0.3) is 0 Å². The number of hydrogen-bond acceptors (Lipinski definition) is 3. The van der Waals surface area contributed by atoms with Gasteiger partial charge < -0.3 is 4.74 Å². The van der Waals surface area contributed by atoms with Crippen molar-refractivity contribution in [1.82, 2.24) is 9.80 Å². The Balaban J connectivity index is 1.58. The van der Waals surface area contributed by atoms with Gasteiger partial charge in [0, 0.05) is 38.3 Å². The van der Waals surface area contributed by atoms with E-state index in [0.29, 0.717) is 0 Å². The van der Waals surface area contributed by atoms with Crippen molar-refractivity contribution >= 4 is 0 Å². The van der Waals surface area contributed by atoms with Crippen molar-refractivity contribution in [3.63, 3.8) is 0 Å². The van der Waals surface area contributed by atoms with E-state index >= 15 is 0 Å². The fourth-order valence-corrected chi connectivity index (χ4v) is 4.04. The van der Waals surface area contributed by atoms with Crippen LogP contribution in [0, 0.1) is 5.92 Å². The molecule has 3 aliphatic heterocycles. The Morgan fingerprint density at radius 1 is 1.17 bits per heavy atom.